The Kier molecular flexibility index (Phi) is 5.84. The Hall–Kier alpha value is -1.31. The monoisotopic (exact) mass is 304 g/mol. The first kappa shape index (κ1) is 16.1. The molecular formula is C17H24N2OS. The molecule has 2 heterocycles. The first-order chi connectivity index (χ1) is 10.2. The molecule has 0 spiro atoms. The fraction of sp³-hybridized carbons (Fsp3) is 0.588. The van der Waals surface area contributed by atoms with Crippen molar-refractivity contribution in [1.29, 1.82) is 0 Å². The molecule has 0 saturated carbocycles. The van der Waals surface area contributed by atoms with Crippen LogP contribution in [0.2, 0.25) is 0 Å². The predicted octanol–water partition coefficient (Wildman–Crippen LogP) is 3.16. The molecule has 2 rings (SSSR count). The maximum Gasteiger partial charge on any atom is 0.264 e. The van der Waals surface area contributed by atoms with Gasteiger partial charge in [-0.1, -0.05) is 31.6 Å². The molecule has 1 fully saturated rings. The Morgan fingerprint density at radius 2 is 2.29 bits per heavy atom. The normalized spacial score (nSPS) is 18.8. The zero-order valence-corrected chi connectivity index (χ0v) is 13.8. The minimum Gasteiger partial charge on any atom is -0.335 e. The molecule has 2 N–H and O–H groups in total. The summed E-state index contributed by atoms with van der Waals surface area (Å²) in [4.78, 5) is 16.7. The van der Waals surface area contributed by atoms with Gasteiger partial charge in [-0.2, -0.15) is 0 Å². The number of hydrogen-bond donors (Lipinski definition) is 1. The summed E-state index contributed by atoms with van der Waals surface area (Å²) >= 11 is 1.50. The van der Waals surface area contributed by atoms with Crippen LogP contribution < -0.4 is 5.73 Å². The van der Waals surface area contributed by atoms with Gasteiger partial charge in [0.1, 0.15) is 0 Å². The summed E-state index contributed by atoms with van der Waals surface area (Å²) in [7, 11) is 0. The van der Waals surface area contributed by atoms with E-state index in [1.54, 1.807) is 0 Å². The molecule has 0 aliphatic carbocycles. The largest absolute Gasteiger partial charge is 0.335 e. The number of carbonyl (C=O) groups is 1. The molecular weight excluding hydrogens is 280 g/mol. The molecule has 1 aliphatic rings. The molecule has 0 aromatic carbocycles. The summed E-state index contributed by atoms with van der Waals surface area (Å²) in [5.74, 6) is 6.11. The molecule has 3 nitrogen and oxygen atoms in total. The third-order valence-electron chi connectivity index (χ3n) is 4.04. The zero-order chi connectivity index (χ0) is 15.2. The topological polar surface area (TPSA) is 46.3 Å². The fourth-order valence-electron chi connectivity index (χ4n) is 2.85. The highest BCUT2D eigenvalue weighted by Crippen LogP contribution is 2.26. The number of amides is 1. The van der Waals surface area contributed by atoms with Crippen LogP contribution in [0, 0.1) is 18.8 Å². The van der Waals surface area contributed by atoms with Crippen molar-refractivity contribution in [3.8, 4) is 11.8 Å². The first-order valence-electron chi connectivity index (χ1n) is 7.77. The van der Waals surface area contributed by atoms with Crippen molar-refractivity contribution in [3.05, 3.63) is 21.4 Å². The number of hydrogen-bond acceptors (Lipinski definition) is 3. The summed E-state index contributed by atoms with van der Waals surface area (Å²) in [6, 6.07) is 2.37. The van der Waals surface area contributed by atoms with Gasteiger partial charge in [-0.25, -0.2) is 0 Å². The Morgan fingerprint density at radius 3 is 3.00 bits per heavy atom. The molecule has 0 bridgehead atoms. The van der Waals surface area contributed by atoms with Gasteiger partial charge in [-0.15, -0.1) is 11.3 Å². The second-order valence-corrected chi connectivity index (χ2v) is 6.59. The van der Waals surface area contributed by atoms with Crippen molar-refractivity contribution in [2.24, 2.45) is 5.73 Å². The lowest BCUT2D eigenvalue weighted by Gasteiger charge is -2.28. The Morgan fingerprint density at radius 1 is 1.48 bits per heavy atom. The molecule has 1 atom stereocenters. The molecule has 1 aromatic rings. The van der Waals surface area contributed by atoms with Crippen molar-refractivity contribution in [1.82, 2.24) is 4.90 Å². The number of nitrogens with zero attached hydrogens (tertiary/aromatic N) is 1. The summed E-state index contributed by atoms with van der Waals surface area (Å²) in [6.45, 7) is 5.42. The van der Waals surface area contributed by atoms with Gasteiger partial charge in [-0.3, -0.25) is 4.79 Å². The fourth-order valence-corrected chi connectivity index (χ4v) is 3.86. The lowest BCUT2D eigenvalue weighted by Crippen LogP contribution is -2.39. The summed E-state index contributed by atoms with van der Waals surface area (Å²) in [5, 5.41) is 0. The van der Waals surface area contributed by atoms with Gasteiger partial charge in [0.2, 0.25) is 0 Å². The van der Waals surface area contributed by atoms with Crippen LogP contribution in [0.3, 0.4) is 0 Å². The van der Waals surface area contributed by atoms with Gasteiger partial charge in [0.05, 0.1) is 16.3 Å². The maximum absolute atomic E-state index is 12.8. The molecule has 1 saturated heterocycles. The molecule has 1 aliphatic heterocycles. The average Bonchev–Trinajstić information content (AvgIpc) is 2.72. The van der Waals surface area contributed by atoms with E-state index < -0.39 is 0 Å². The maximum atomic E-state index is 12.8. The third kappa shape index (κ3) is 3.87. The second-order valence-electron chi connectivity index (χ2n) is 5.54. The Bertz CT molecular complexity index is 553. The van der Waals surface area contributed by atoms with Crippen LogP contribution >= 0.6 is 11.3 Å². The van der Waals surface area contributed by atoms with E-state index in [1.165, 1.54) is 24.2 Å². The van der Waals surface area contributed by atoms with Gasteiger partial charge in [0.25, 0.3) is 5.91 Å². The zero-order valence-electron chi connectivity index (χ0n) is 12.9. The third-order valence-corrected chi connectivity index (χ3v) is 5.18. The van der Waals surface area contributed by atoms with Gasteiger partial charge in [-0.05, 0) is 37.8 Å². The van der Waals surface area contributed by atoms with Crippen molar-refractivity contribution >= 4 is 17.2 Å². The summed E-state index contributed by atoms with van der Waals surface area (Å²) < 4.78 is 0. The number of carbonyl (C=O) groups excluding carboxylic acids is 1. The molecule has 0 radical (unpaired) electrons. The standard InChI is InChI=1S/C17H24N2OS/c1-3-14-8-5-4-6-11-19(14)17(20)16-12-13(2)15(21-16)9-7-10-18/h12,14H,3-6,8,10-11,18H2,1-2H3. The van der Waals surface area contributed by atoms with E-state index in [0.717, 1.165) is 41.1 Å². The van der Waals surface area contributed by atoms with Crippen LogP contribution in [0.4, 0.5) is 0 Å². The molecule has 114 valence electrons. The van der Waals surface area contributed by atoms with Crippen molar-refractivity contribution in [2.45, 2.75) is 52.0 Å². The van der Waals surface area contributed by atoms with Gasteiger partial charge >= 0.3 is 0 Å². The lowest BCUT2D eigenvalue weighted by molar-refractivity contribution is 0.0683. The van der Waals surface area contributed by atoms with E-state index in [4.69, 9.17) is 5.73 Å². The van der Waals surface area contributed by atoms with E-state index in [1.807, 2.05) is 13.0 Å². The summed E-state index contributed by atoms with van der Waals surface area (Å²) in [6.07, 6.45) is 5.75. The van der Waals surface area contributed by atoms with Gasteiger partial charge in [0, 0.05) is 12.6 Å². The van der Waals surface area contributed by atoms with Crippen LogP contribution in [0.1, 0.15) is 59.1 Å². The highest BCUT2D eigenvalue weighted by molar-refractivity contribution is 7.14. The molecule has 21 heavy (non-hydrogen) atoms. The minimum absolute atomic E-state index is 0.178. The van der Waals surface area contributed by atoms with E-state index in [0.29, 0.717) is 12.6 Å². The van der Waals surface area contributed by atoms with E-state index in [2.05, 4.69) is 23.7 Å². The lowest BCUT2D eigenvalue weighted by atomic mass is 10.1. The van der Waals surface area contributed by atoms with Gasteiger partial charge < -0.3 is 10.6 Å². The highest BCUT2D eigenvalue weighted by Gasteiger charge is 2.26. The average molecular weight is 304 g/mol. The van der Waals surface area contributed by atoms with Gasteiger partial charge in [0.15, 0.2) is 0 Å². The Labute approximate surface area is 131 Å². The van der Waals surface area contributed by atoms with Crippen molar-refractivity contribution < 1.29 is 4.79 Å². The number of rotatable bonds is 2. The van der Waals surface area contributed by atoms with Crippen LogP contribution in [-0.4, -0.2) is 29.9 Å². The molecule has 1 amide bonds. The summed E-state index contributed by atoms with van der Waals surface area (Å²) in [5.41, 5.74) is 6.50. The van der Waals surface area contributed by atoms with Crippen molar-refractivity contribution in [2.75, 3.05) is 13.1 Å². The number of likely N-dealkylation sites (tertiary alicyclic amines) is 1. The number of thiophene rings is 1. The van der Waals surface area contributed by atoms with E-state index in [9.17, 15) is 4.79 Å². The smallest absolute Gasteiger partial charge is 0.264 e. The predicted molar refractivity (Wildman–Crippen MR) is 88.6 cm³/mol. The van der Waals surface area contributed by atoms with E-state index >= 15 is 0 Å². The van der Waals surface area contributed by atoms with Crippen LogP contribution in [0.25, 0.3) is 0 Å². The van der Waals surface area contributed by atoms with Crippen LogP contribution in [0.5, 0.6) is 0 Å². The molecule has 4 heteroatoms. The SMILES string of the molecule is CCC1CCCCCN1C(=O)c1cc(C)c(C#CCN)s1. The first-order valence-corrected chi connectivity index (χ1v) is 8.59. The van der Waals surface area contributed by atoms with Crippen LogP contribution in [0.15, 0.2) is 6.07 Å². The number of aryl methyl sites for hydroxylation is 1. The van der Waals surface area contributed by atoms with Crippen molar-refractivity contribution in [3.63, 3.8) is 0 Å². The Balaban J connectivity index is 2.21. The van der Waals surface area contributed by atoms with Crippen LogP contribution in [-0.2, 0) is 0 Å². The minimum atomic E-state index is 0.178. The number of nitrogens with two attached hydrogens (primary N) is 1. The quantitative estimate of drug-likeness (QED) is 0.853. The van der Waals surface area contributed by atoms with E-state index in [-0.39, 0.29) is 5.91 Å². The molecule has 1 aromatic heterocycles. The highest BCUT2D eigenvalue weighted by atomic mass is 32.1. The second kappa shape index (κ2) is 7.63. The molecule has 1 unspecified atom stereocenters.